The van der Waals surface area contributed by atoms with Crippen molar-refractivity contribution in [3.8, 4) is 0 Å². The van der Waals surface area contributed by atoms with Gasteiger partial charge < -0.3 is 14.7 Å². The molecular formula is C13H20N2O4. The molecule has 0 amide bonds. The van der Waals surface area contributed by atoms with Gasteiger partial charge in [0.25, 0.3) is 5.54 Å². The van der Waals surface area contributed by atoms with Crippen LogP contribution in [0.3, 0.4) is 0 Å². The summed E-state index contributed by atoms with van der Waals surface area (Å²) in [4.78, 5) is 13.4. The fraction of sp³-hybridized carbons (Fsp3) is 0.846. The Balaban J connectivity index is 1.97. The summed E-state index contributed by atoms with van der Waals surface area (Å²) in [6.45, 7) is 4.24. The molecule has 0 bridgehead atoms. The summed E-state index contributed by atoms with van der Waals surface area (Å²) >= 11 is 0. The number of hydrogen-bond donors (Lipinski definition) is 1. The van der Waals surface area contributed by atoms with Crippen LogP contribution in [0.15, 0.2) is 11.8 Å². The maximum absolute atomic E-state index is 11.6. The molecule has 0 aromatic heterocycles. The van der Waals surface area contributed by atoms with E-state index in [1.165, 1.54) is 0 Å². The van der Waals surface area contributed by atoms with E-state index in [1.807, 2.05) is 11.0 Å². The quantitative estimate of drug-likeness (QED) is 0.591. The van der Waals surface area contributed by atoms with Gasteiger partial charge in [0, 0.05) is 30.1 Å². The Morgan fingerprint density at radius 2 is 2.21 bits per heavy atom. The van der Waals surface area contributed by atoms with Crippen LogP contribution in [0.4, 0.5) is 0 Å². The van der Waals surface area contributed by atoms with E-state index in [4.69, 9.17) is 4.74 Å². The van der Waals surface area contributed by atoms with Crippen molar-refractivity contribution < 1.29 is 14.8 Å². The van der Waals surface area contributed by atoms with Crippen LogP contribution in [0.25, 0.3) is 0 Å². The molecule has 2 aliphatic carbocycles. The molecule has 3 rings (SSSR count). The zero-order valence-electron chi connectivity index (χ0n) is 11.2. The molecule has 0 radical (unpaired) electrons. The molecule has 106 valence electrons. The number of aliphatic hydroxyl groups is 1. The Morgan fingerprint density at radius 1 is 1.53 bits per heavy atom. The van der Waals surface area contributed by atoms with Crippen molar-refractivity contribution in [2.75, 3.05) is 26.3 Å². The van der Waals surface area contributed by atoms with Crippen LogP contribution in [0, 0.1) is 16.0 Å². The van der Waals surface area contributed by atoms with E-state index in [1.54, 1.807) is 6.92 Å². The van der Waals surface area contributed by atoms with E-state index >= 15 is 0 Å². The van der Waals surface area contributed by atoms with Gasteiger partial charge in [0.1, 0.15) is 0 Å². The van der Waals surface area contributed by atoms with Gasteiger partial charge in [-0.3, -0.25) is 10.1 Å². The Kier molecular flexibility index (Phi) is 2.83. The van der Waals surface area contributed by atoms with E-state index < -0.39 is 11.1 Å². The number of morpholine rings is 1. The van der Waals surface area contributed by atoms with Gasteiger partial charge in [0.15, 0.2) is 5.60 Å². The number of nitrogens with zero attached hydrogens (tertiary/aromatic N) is 2. The number of nitro groups is 1. The minimum atomic E-state index is -1.38. The van der Waals surface area contributed by atoms with E-state index in [-0.39, 0.29) is 10.8 Å². The largest absolute Gasteiger partial charge is 0.378 e. The number of ether oxygens (including phenoxy) is 1. The summed E-state index contributed by atoms with van der Waals surface area (Å²) in [5.74, 6) is -0.143. The zero-order valence-corrected chi connectivity index (χ0v) is 11.2. The van der Waals surface area contributed by atoms with Gasteiger partial charge in [-0.05, 0) is 19.8 Å². The molecule has 1 saturated carbocycles. The fourth-order valence-corrected chi connectivity index (χ4v) is 4.04. The topological polar surface area (TPSA) is 75.8 Å². The van der Waals surface area contributed by atoms with Crippen molar-refractivity contribution in [3.63, 3.8) is 0 Å². The van der Waals surface area contributed by atoms with Gasteiger partial charge in [-0.2, -0.15) is 0 Å². The zero-order chi connectivity index (χ0) is 13.7. The molecule has 1 N–H and O–H groups in total. The molecule has 1 saturated heterocycles. The first-order valence-corrected chi connectivity index (χ1v) is 6.92. The van der Waals surface area contributed by atoms with Crippen molar-refractivity contribution in [1.82, 2.24) is 4.90 Å². The van der Waals surface area contributed by atoms with Crippen LogP contribution in [0.5, 0.6) is 0 Å². The molecule has 0 aromatic rings. The lowest BCUT2D eigenvalue weighted by molar-refractivity contribution is -0.594. The highest BCUT2D eigenvalue weighted by atomic mass is 16.6. The van der Waals surface area contributed by atoms with Crippen LogP contribution in [0.2, 0.25) is 0 Å². The van der Waals surface area contributed by atoms with E-state index in [0.29, 0.717) is 32.7 Å². The second kappa shape index (κ2) is 4.18. The van der Waals surface area contributed by atoms with Crippen molar-refractivity contribution in [2.45, 2.75) is 37.3 Å². The molecule has 19 heavy (non-hydrogen) atoms. The monoisotopic (exact) mass is 268 g/mol. The standard InChI is InChI=1S/C13H20N2O4/c1-12(16)11(14-5-7-19-8-6-14)9-10-3-2-4-13(10,12)15(17)18/h9-10,16H,2-8H2,1H3/t10-,12-,13+/m0/s1. The van der Waals surface area contributed by atoms with Crippen LogP contribution in [-0.4, -0.2) is 52.4 Å². The first-order valence-electron chi connectivity index (χ1n) is 6.92. The predicted molar refractivity (Wildman–Crippen MR) is 68.2 cm³/mol. The molecule has 1 heterocycles. The molecular weight excluding hydrogens is 248 g/mol. The minimum absolute atomic E-state index is 0.143. The molecule has 0 aromatic carbocycles. The summed E-state index contributed by atoms with van der Waals surface area (Å²) in [5, 5.41) is 22.5. The minimum Gasteiger partial charge on any atom is -0.378 e. The van der Waals surface area contributed by atoms with Gasteiger partial charge in [0.2, 0.25) is 0 Å². The summed E-state index contributed by atoms with van der Waals surface area (Å²) in [7, 11) is 0. The van der Waals surface area contributed by atoms with Crippen LogP contribution in [-0.2, 0) is 4.74 Å². The highest BCUT2D eigenvalue weighted by Gasteiger charge is 2.70. The van der Waals surface area contributed by atoms with Gasteiger partial charge in [-0.25, -0.2) is 0 Å². The van der Waals surface area contributed by atoms with Crippen molar-refractivity contribution in [1.29, 1.82) is 0 Å². The Hall–Kier alpha value is -1.14. The lowest BCUT2D eigenvalue weighted by Gasteiger charge is -2.39. The van der Waals surface area contributed by atoms with E-state index in [0.717, 1.165) is 18.5 Å². The molecule has 6 heteroatoms. The average molecular weight is 268 g/mol. The maximum atomic E-state index is 11.6. The molecule has 3 aliphatic rings. The maximum Gasteiger partial charge on any atom is 0.261 e. The Bertz CT molecular complexity index is 428. The Labute approximate surface area is 112 Å². The predicted octanol–water partition coefficient (Wildman–Crippen LogP) is 0.783. The van der Waals surface area contributed by atoms with E-state index in [2.05, 4.69) is 0 Å². The second-order valence-electron chi connectivity index (χ2n) is 5.90. The third-order valence-electron chi connectivity index (χ3n) is 5.06. The number of fused-ring (bicyclic) bond motifs is 1. The van der Waals surface area contributed by atoms with E-state index in [9.17, 15) is 15.2 Å². The van der Waals surface area contributed by atoms with Gasteiger partial charge in [-0.1, -0.05) is 6.08 Å². The molecule has 2 fully saturated rings. The van der Waals surface area contributed by atoms with Gasteiger partial charge >= 0.3 is 0 Å². The lowest BCUT2D eigenvalue weighted by atomic mass is 9.78. The molecule has 1 aliphatic heterocycles. The number of hydrogen-bond acceptors (Lipinski definition) is 5. The molecule has 0 unspecified atom stereocenters. The smallest absolute Gasteiger partial charge is 0.261 e. The summed E-state index contributed by atoms with van der Waals surface area (Å²) in [6, 6.07) is 0. The van der Waals surface area contributed by atoms with Crippen LogP contribution >= 0.6 is 0 Å². The third kappa shape index (κ3) is 1.56. The number of rotatable bonds is 2. The first kappa shape index (κ1) is 12.9. The van der Waals surface area contributed by atoms with Gasteiger partial charge in [0.05, 0.1) is 19.1 Å². The van der Waals surface area contributed by atoms with Gasteiger partial charge in [-0.15, -0.1) is 0 Å². The van der Waals surface area contributed by atoms with Crippen molar-refractivity contribution in [3.05, 3.63) is 21.9 Å². The van der Waals surface area contributed by atoms with Crippen molar-refractivity contribution >= 4 is 0 Å². The third-order valence-corrected chi connectivity index (χ3v) is 5.06. The highest BCUT2D eigenvalue weighted by molar-refractivity contribution is 5.34. The Morgan fingerprint density at radius 3 is 2.79 bits per heavy atom. The lowest BCUT2D eigenvalue weighted by Crippen LogP contribution is -2.59. The second-order valence-corrected chi connectivity index (χ2v) is 5.90. The average Bonchev–Trinajstić information content (AvgIpc) is 2.89. The van der Waals surface area contributed by atoms with Crippen molar-refractivity contribution in [2.24, 2.45) is 5.92 Å². The van der Waals surface area contributed by atoms with Crippen LogP contribution < -0.4 is 0 Å². The molecule has 0 spiro atoms. The van der Waals surface area contributed by atoms with Crippen LogP contribution in [0.1, 0.15) is 26.2 Å². The molecule has 6 nitrogen and oxygen atoms in total. The fourth-order valence-electron chi connectivity index (χ4n) is 4.04. The summed E-state index contributed by atoms with van der Waals surface area (Å²) in [5.41, 5.74) is -1.87. The summed E-state index contributed by atoms with van der Waals surface area (Å²) in [6.07, 6.45) is 4.02. The molecule has 3 atom stereocenters. The summed E-state index contributed by atoms with van der Waals surface area (Å²) < 4.78 is 5.31. The first-order chi connectivity index (χ1) is 9.00. The SMILES string of the molecule is C[C@]1(O)C(N2CCOCC2)=C[C@@H]2CCC[C@@]21[N+](=O)[O-]. The highest BCUT2D eigenvalue weighted by Crippen LogP contribution is 2.54. The normalized spacial score (nSPS) is 42.1.